The molecule has 25 heavy (non-hydrogen) atoms. The molecule has 1 saturated carbocycles. The third kappa shape index (κ3) is 3.29. The van der Waals surface area contributed by atoms with Gasteiger partial charge in [0.25, 0.3) is 5.91 Å². The number of aromatic nitrogens is 3. The monoisotopic (exact) mass is 335 g/mol. The minimum Gasteiger partial charge on any atom is -0.472 e. The highest BCUT2D eigenvalue weighted by atomic mass is 16.5. The first-order valence-electron chi connectivity index (χ1n) is 8.36. The van der Waals surface area contributed by atoms with E-state index in [1.54, 1.807) is 23.2 Å². The molecule has 7 heteroatoms. The molecular weight excluding hydrogens is 318 g/mol. The van der Waals surface area contributed by atoms with E-state index in [0.29, 0.717) is 36.0 Å². The Bertz CT molecular complexity index is 826. The second-order valence-electron chi connectivity index (χ2n) is 6.37. The van der Waals surface area contributed by atoms with Crippen molar-refractivity contribution in [3.63, 3.8) is 0 Å². The van der Waals surface area contributed by atoms with Crippen molar-refractivity contribution in [1.29, 1.82) is 5.26 Å². The number of likely N-dealkylation sites (tertiary alicyclic amines) is 1. The summed E-state index contributed by atoms with van der Waals surface area (Å²) in [6, 6.07) is 5.37. The molecule has 0 aromatic carbocycles. The van der Waals surface area contributed by atoms with Gasteiger partial charge in [0.2, 0.25) is 5.88 Å². The van der Waals surface area contributed by atoms with Crippen molar-refractivity contribution in [2.75, 3.05) is 13.1 Å². The molecule has 1 aliphatic carbocycles. The summed E-state index contributed by atoms with van der Waals surface area (Å²) in [5, 5.41) is 8.80. The van der Waals surface area contributed by atoms with Gasteiger partial charge in [-0.3, -0.25) is 4.79 Å². The Morgan fingerprint density at radius 2 is 2.12 bits per heavy atom. The number of pyridine rings is 1. The highest BCUT2D eigenvalue weighted by Gasteiger charge is 2.34. The summed E-state index contributed by atoms with van der Waals surface area (Å²) < 4.78 is 5.84. The Morgan fingerprint density at radius 1 is 1.24 bits per heavy atom. The second kappa shape index (κ2) is 6.48. The number of carbonyl (C=O) groups excluding carboxylic acids is 1. The Balaban J connectivity index is 1.42. The van der Waals surface area contributed by atoms with Gasteiger partial charge in [0, 0.05) is 37.3 Å². The van der Waals surface area contributed by atoms with Crippen molar-refractivity contribution in [3.05, 3.63) is 47.7 Å². The zero-order valence-corrected chi connectivity index (χ0v) is 13.6. The van der Waals surface area contributed by atoms with Crippen molar-refractivity contribution < 1.29 is 9.53 Å². The molecule has 1 amide bonds. The SMILES string of the molecule is N#Cc1ccc(O[C@@H]2CCN(C(=O)c3cncnc3C3CC3)C2)nc1. The molecule has 2 aromatic rings. The molecule has 0 radical (unpaired) electrons. The topological polar surface area (TPSA) is 92.0 Å². The summed E-state index contributed by atoms with van der Waals surface area (Å²) in [6.07, 6.45) is 7.45. The Labute approximate surface area is 145 Å². The molecule has 4 rings (SSSR count). The largest absolute Gasteiger partial charge is 0.472 e. The molecule has 0 bridgehead atoms. The predicted octanol–water partition coefficient (Wildman–Crippen LogP) is 1.91. The summed E-state index contributed by atoms with van der Waals surface area (Å²) in [6.45, 7) is 1.15. The fraction of sp³-hybridized carbons (Fsp3) is 0.389. The third-order valence-corrected chi connectivity index (χ3v) is 4.52. The minimum atomic E-state index is -0.0987. The van der Waals surface area contributed by atoms with Gasteiger partial charge in [0.1, 0.15) is 18.5 Å². The number of nitrogens with zero attached hydrogens (tertiary/aromatic N) is 5. The van der Waals surface area contributed by atoms with Crippen LogP contribution in [0.1, 0.15) is 46.8 Å². The summed E-state index contributed by atoms with van der Waals surface area (Å²) in [4.78, 5) is 27.1. The molecule has 1 saturated heterocycles. The first-order chi connectivity index (χ1) is 12.2. The van der Waals surface area contributed by atoms with Gasteiger partial charge in [-0.15, -0.1) is 0 Å². The molecule has 0 unspecified atom stereocenters. The Hall–Kier alpha value is -3.01. The number of amides is 1. The molecular formula is C18H17N5O2. The first-order valence-corrected chi connectivity index (χ1v) is 8.36. The van der Waals surface area contributed by atoms with Gasteiger partial charge in [-0.05, 0) is 18.9 Å². The van der Waals surface area contributed by atoms with Crippen molar-refractivity contribution in [3.8, 4) is 11.9 Å². The van der Waals surface area contributed by atoms with Crippen LogP contribution in [0.3, 0.4) is 0 Å². The van der Waals surface area contributed by atoms with Crippen molar-refractivity contribution in [1.82, 2.24) is 19.9 Å². The number of carbonyl (C=O) groups is 1. The van der Waals surface area contributed by atoms with E-state index < -0.39 is 0 Å². The molecule has 126 valence electrons. The fourth-order valence-electron chi connectivity index (χ4n) is 3.05. The van der Waals surface area contributed by atoms with Crippen LogP contribution in [0.25, 0.3) is 0 Å². The Kier molecular flexibility index (Phi) is 4.02. The molecule has 2 aliphatic rings. The lowest BCUT2D eigenvalue weighted by Crippen LogP contribution is -2.32. The lowest BCUT2D eigenvalue weighted by Gasteiger charge is -2.18. The van der Waals surface area contributed by atoms with Crippen LogP contribution in [-0.4, -0.2) is 45.0 Å². The number of rotatable bonds is 4. The lowest BCUT2D eigenvalue weighted by molar-refractivity contribution is 0.0769. The van der Waals surface area contributed by atoms with Gasteiger partial charge >= 0.3 is 0 Å². The van der Waals surface area contributed by atoms with Crippen molar-refractivity contribution in [2.24, 2.45) is 0 Å². The number of hydrogen-bond donors (Lipinski definition) is 0. The van der Waals surface area contributed by atoms with E-state index in [1.807, 2.05) is 6.07 Å². The molecule has 2 fully saturated rings. The molecule has 3 heterocycles. The number of nitriles is 1. The highest BCUT2D eigenvalue weighted by Crippen LogP contribution is 2.40. The van der Waals surface area contributed by atoms with Crippen LogP contribution >= 0.6 is 0 Å². The van der Waals surface area contributed by atoms with E-state index in [2.05, 4.69) is 15.0 Å². The number of hydrogen-bond acceptors (Lipinski definition) is 6. The van der Waals surface area contributed by atoms with Crippen LogP contribution in [0.4, 0.5) is 0 Å². The minimum absolute atomic E-state index is 0.0265. The average molecular weight is 335 g/mol. The summed E-state index contributed by atoms with van der Waals surface area (Å²) in [5.41, 5.74) is 1.98. The first kappa shape index (κ1) is 15.5. The zero-order chi connectivity index (χ0) is 17.2. The van der Waals surface area contributed by atoms with Crippen molar-refractivity contribution >= 4 is 5.91 Å². The molecule has 1 atom stereocenters. The quantitative estimate of drug-likeness (QED) is 0.847. The average Bonchev–Trinajstić information content (AvgIpc) is 3.41. The van der Waals surface area contributed by atoms with Crippen LogP contribution in [0, 0.1) is 11.3 Å². The normalized spacial score (nSPS) is 19.5. The molecule has 1 aliphatic heterocycles. The highest BCUT2D eigenvalue weighted by molar-refractivity contribution is 5.95. The van der Waals surface area contributed by atoms with Crippen LogP contribution in [0.5, 0.6) is 5.88 Å². The van der Waals surface area contributed by atoms with Crippen LogP contribution < -0.4 is 4.74 Å². The molecule has 2 aromatic heterocycles. The van der Waals surface area contributed by atoms with Gasteiger partial charge in [0.15, 0.2) is 0 Å². The third-order valence-electron chi connectivity index (χ3n) is 4.52. The van der Waals surface area contributed by atoms with Gasteiger partial charge in [-0.2, -0.15) is 5.26 Å². The summed E-state index contributed by atoms with van der Waals surface area (Å²) in [5.74, 6) is 0.848. The maximum atomic E-state index is 12.8. The van der Waals surface area contributed by atoms with E-state index in [0.717, 1.165) is 25.0 Å². The maximum absolute atomic E-state index is 12.8. The van der Waals surface area contributed by atoms with E-state index in [4.69, 9.17) is 10.00 Å². The number of ether oxygens (including phenoxy) is 1. The van der Waals surface area contributed by atoms with Crippen LogP contribution in [0.15, 0.2) is 30.9 Å². The van der Waals surface area contributed by atoms with Gasteiger partial charge < -0.3 is 9.64 Å². The van der Waals surface area contributed by atoms with Crippen molar-refractivity contribution in [2.45, 2.75) is 31.3 Å². The smallest absolute Gasteiger partial charge is 0.257 e. The van der Waals surface area contributed by atoms with E-state index >= 15 is 0 Å². The predicted molar refractivity (Wildman–Crippen MR) is 87.9 cm³/mol. The Morgan fingerprint density at radius 3 is 2.84 bits per heavy atom. The fourth-order valence-corrected chi connectivity index (χ4v) is 3.05. The van der Waals surface area contributed by atoms with Crippen LogP contribution in [-0.2, 0) is 0 Å². The van der Waals surface area contributed by atoms with E-state index in [-0.39, 0.29) is 12.0 Å². The summed E-state index contributed by atoms with van der Waals surface area (Å²) in [7, 11) is 0. The lowest BCUT2D eigenvalue weighted by atomic mass is 10.1. The van der Waals surface area contributed by atoms with Gasteiger partial charge in [-0.25, -0.2) is 15.0 Å². The second-order valence-corrected chi connectivity index (χ2v) is 6.37. The molecule has 7 nitrogen and oxygen atoms in total. The standard InChI is InChI=1S/C18H17N5O2/c19-7-12-1-4-16(21-8-12)25-14-5-6-23(10-14)18(24)15-9-20-11-22-17(15)13-2-3-13/h1,4,8-9,11,13-14H,2-3,5-6,10H2/t14-/m1/s1. The van der Waals surface area contributed by atoms with Gasteiger partial charge in [-0.1, -0.05) is 0 Å². The molecule has 0 spiro atoms. The van der Waals surface area contributed by atoms with Gasteiger partial charge in [0.05, 0.1) is 23.4 Å². The zero-order valence-electron chi connectivity index (χ0n) is 13.6. The summed E-state index contributed by atoms with van der Waals surface area (Å²) >= 11 is 0. The van der Waals surface area contributed by atoms with Crippen LogP contribution in [0.2, 0.25) is 0 Å². The van der Waals surface area contributed by atoms with E-state index in [1.165, 1.54) is 12.5 Å². The maximum Gasteiger partial charge on any atom is 0.257 e. The molecule has 0 N–H and O–H groups in total. The van der Waals surface area contributed by atoms with E-state index in [9.17, 15) is 4.79 Å².